The molecule has 62 heavy (non-hydrogen) atoms. The van der Waals surface area contributed by atoms with Gasteiger partial charge in [0.25, 0.3) is 0 Å². The number of esters is 2. The van der Waals surface area contributed by atoms with Gasteiger partial charge in [-0.15, -0.1) is 0 Å². The highest BCUT2D eigenvalue weighted by atomic mass is 31.2. The summed E-state index contributed by atoms with van der Waals surface area (Å²) in [5, 5.41) is 10.2. The van der Waals surface area contributed by atoms with E-state index in [2.05, 4.69) is 74.6 Å². The number of ether oxygens (including phenoxy) is 2. The van der Waals surface area contributed by atoms with Crippen LogP contribution >= 0.6 is 7.82 Å². The molecule has 5 atom stereocenters. The lowest BCUT2D eigenvalue weighted by Crippen LogP contribution is -2.37. The van der Waals surface area contributed by atoms with Crippen LogP contribution in [0.2, 0.25) is 0 Å². The highest BCUT2D eigenvalue weighted by Gasteiger charge is 2.28. The Labute approximate surface area is 374 Å². The largest absolute Gasteiger partial charge is 0.472 e. The number of phosphoric acid groups is 1. The monoisotopic (exact) mass is 887 g/mol. The van der Waals surface area contributed by atoms with Crippen LogP contribution in [0.15, 0.2) is 97.2 Å². The van der Waals surface area contributed by atoms with Gasteiger partial charge in [-0.25, -0.2) is 4.57 Å². The van der Waals surface area contributed by atoms with Crippen molar-refractivity contribution in [3.05, 3.63) is 97.2 Å². The lowest BCUT2D eigenvalue weighted by molar-refractivity contribution is -0.870. The Hall–Kier alpha value is -3.44. The number of hydrogen-bond acceptors (Lipinski definition) is 9. The average molecular weight is 887 g/mol. The maximum absolute atomic E-state index is 12.7. The Morgan fingerprint density at radius 1 is 0.758 bits per heavy atom. The van der Waals surface area contributed by atoms with Crippen LogP contribution in [0.4, 0.5) is 0 Å². The second kappa shape index (κ2) is 36.0. The van der Waals surface area contributed by atoms with E-state index >= 15 is 0 Å². The smallest absolute Gasteiger partial charge is 0.462 e. The summed E-state index contributed by atoms with van der Waals surface area (Å²) in [4.78, 5) is 48.0. The van der Waals surface area contributed by atoms with Crippen LogP contribution in [-0.4, -0.2) is 91.9 Å². The Bertz CT molecular complexity index is 1520. The topological polar surface area (TPSA) is 146 Å². The molecule has 0 bridgehead atoms. The molecule has 2 N–H and O–H groups in total. The van der Waals surface area contributed by atoms with Crippen LogP contribution in [-0.2, 0) is 37.5 Å². The number of aliphatic hydroxyl groups excluding tert-OH is 1. The van der Waals surface area contributed by atoms with Gasteiger partial charge in [-0.05, 0) is 89.0 Å². The molecular formula is C50H81NO10P+. The SMILES string of the molecule is CC/C=C\C/C=C\C/C=C\C/C=C\C/C=C\CCCCCC(=O)O[C@H](COC(=O)CCC/C=C\C[C@H]1C=CC(=O)[C@@H]1/C=C/[C@@H](O)CCCCC)COP(=O)(O)OCC[N+](C)(C)C. The molecule has 0 saturated carbocycles. The molecule has 0 amide bonds. The lowest BCUT2D eigenvalue weighted by atomic mass is 9.90. The summed E-state index contributed by atoms with van der Waals surface area (Å²) in [5.74, 6) is -1.21. The summed E-state index contributed by atoms with van der Waals surface area (Å²) in [6.45, 7) is 3.91. The summed E-state index contributed by atoms with van der Waals surface area (Å²) >= 11 is 0. The van der Waals surface area contributed by atoms with Crippen LogP contribution in [0.25, 0.3) is 0 Å². The third kappa shape index (κ3) is 33.2. The summed E-state index contributed by atoms with van der Waals surface area (Å²) in [6, 6.07) is 0. The first-order valence-corrected chi connectivity index (χ1v) is 24.5. The summed E-state index contributed by atoms with van der Waals surface area (Å²) < 4.78 is 34.3. The third-order valence-corrected chi connectivity index (χ3v) is 10.8. The van der Waals surface area contributed by atoms with E-state index in [0.717, 1.165) is 70.6 Å². The van der Waals surface area contributed by atoms with Gasteiger partial charge in [0.1, 0.15) is 19.8 Å². The number of ketones is 1. The molecule has 0 saturated heterocycles. The molecule has 0 fully saturated rings. The molecule has 1 rings (SSSR count). The number of quaternary nitrogens is 1. The van der Waals surface area contributed by atoms with E-state index in [4.69, 9.17) is 18.5 Å². The quantitative estimate of drug-likeness (QED) is 0.0203. The first kappa shape index (κ1) is 56.6. The van der Waals surface area contributed by atoms with E-state index in [1.807, 2.05) is 45.4 Å². The van der Waals surface area contributed by atoms with Crippen molar-refractivity contribution in [1.29, 1.82) is 0 Å². The molecule has 0 aromatic rings. The molecule has 0 aromatic heterocycles. The van der Waals surface area contributed by atoms with E-state index in [1.165, 1.54) is 0 Å². The molecule has 0 aromatic carbocycles. The molecule has 0 aliphatic heterocycles. The van der Waals surface area contributed by atoms with Crippen molar-refractivity contribution in [2.24, 2.45) is 11.8 Å². The number of nitrogens with zero attached hydrogens (tertiary/aromatic N) is 1. The van der Waals surface area contributed by atoms with Crippen molar-refractivity contribution in [1.82, 2.24) is 0 Å². The summed E-state index contributed by atoms with van der Waals surface area (Å²) in [5.41, 5.74) is 0. The predicted molar refractivity (Wildman–Crippen MR) is 251 cm³/mol. The molecule has 1 aliphatic carbocycles. The standard InChI is InChI=1S/C50H80NO10P/c1-6-8-10-11-12-13-14-15-16-17-18-19-20-21-22-23-24-25-31-35-50(55)61-46(43-60-62(56,57)59-41-40-51(3,4)5)42-58-49(54)34-30-27-26-29-32-44-36-39-48(53)47(44)38-37-45(52)33-28-9-7-2/h8,10,12-13,15-16,18-19,21-22,26,29,36-39,44-47,52H,6-7,9,11,14,17,20,23-25,27-28,30-35,40-43H2,1-5H3/p+1/b10-8-,13-12-,16-15-,19-18-,22-21-,29-26-,38-37+/t44-,45-,46+,47+/m0/s1. The molecule has 1 unspecified atom stereocenters. The Morgan fingerprint density at radius 3 is 2.02 bits per heavy atom. The number of hydrogen-bond donors (Lipinski definition) is 2. The number of carbonyl (C=O) groups excluding carboxylic acids is 3. The molecule has 0 spiro atoms. The summed E-state index contributed by atoms with van der Waals surface area (Å²) in [6.07, 6.45) is 45.1. The molecule has 0 heterocycles. The van der Waals surface area contributed by atoms with Crippen LogP contribution in [0.1, 0.15) is 129 Å². The molecule has 0 radical (unpaired) electrons. The fourth-order valence-electron chi connectivity index (χ4n) is 6.15. The minimum atomic E-state index is -4.44. The Balaban J connectivity index is 2.47. The highest BCUT2D eigenvalue weighted by molar-refractivity contribution is 7.47. The van der Waals surface area contributed by atoms with Gasteiger partial charge < -0.3 is 24.0 Å². The number of aliphatic hydroxyl groups is 1. The van der Waals surface area contributed by atoms with Crippen molar-refractivity contribution in [3.63, 3.8) is 0 Å². The fraction of sp³-hybridized carbons (Fsp3) is 0.620. The van der Waals surface area contributed by atoms with Crippen molar-refractivity contribution < 1.29 is 52.0 Å². The van der Waals surface area contributed by atoms with Gasteiger partial charge >= 0.3 is 19.8 Å². The summed E-state index contributed by atoms with van der Waals surface area (Å²) in [7, 11) is 1.33. The number of carbonyl (C=O) groups is 3. The molecular weight excluding hydrogens is 806 g/mol. The zero-order chi connectivity index (χ0) is 45.7. The first-order valence-electron chi connectivity index (χ1n) is 23.0. The van der Waals surface area contributed by atoms with Gasteiger partial charge in [0, 0.05) is 18.8 Å². The highest BCUT2D eigenvalue weighted by Crippen LogP contribution is 2.43. The second-order valence-electron chi connectivity index (χ2n) is 16.7. The Kier molecular flexibility index (Phi) is 32.8. The van der Waals surface area contributed by atoms with Crippen molar-refractivity contribution in [2.75, 3.05) is 47.5 Å². The van der Waals surface area contributed by atoms with Crippen molar-refractivity contribution in [3.8, 4) is 0 Å². The van der Waals surface area contributed by atoms with Gasteiger partial charge in [0.2, 0.25) is 0 Å². The van der Waals surface area contributed by atoms with E-state index in [-0.39, 0.29) is 43.7 Å². The van der Waals surface area contributed by atoms with E-state index in [0.29, 0.717) is 43.1 Å². The predicted octanol–water partition coefficient (Wildman–Crippen LogP) is 11.0. The molecule has 350 valence electrons. The maximum Gasteiger partial charge on any atom is 0.472 e. The fourth-order valence-corrected chi connectivity index (χ4v) is 6.89. The van der Waals surface area contributed by atoms with E-state index < -0.39 is 38.6 Å². The van der Waals surface area contributed by atoms with Crippen molar-refractivity contribution >= 4 is 25.5 Å². The maximum atomic E-state index is 12.7. The number of unbranched alkanes of at least 4 members (excludes halogenated alkanes) is 6. The lowest BCUT2D eigenvalue weighted by Gasteiger charge is -2.24. The zero-order valence-corrected chi connectivity index (χ0v) is 39.6. The van der Waals surface area contributed by atoms with Gasteiger partial charge in [0.05, 0.1) is 33.9 Å². The molecule has 12 heteroatoms. The minimum Gasteiger partial charge on any atom is -0.462 e. The van der Waals surface area contributed by atoms with Crippen LogP contribution in [0.5, 0.6) is 0 Å². The van der Waals surface area contributed by atoms with Crippen LogP contribution in [0.3, 0.4) is 0 Å². The minimum absolute atomic E-state index is 0.0127. The van der Waals surface area contributed by atoms with Crippen LogP contribution < -0.4 is 0 Å². The van der Waals surface area contributed by atoms with Gasteiger partial charge in [-0.2, -0.15) is 0 Å². The first-order chi connectivity index (χ1) is 29.8. The number of phosphoric ester groups is 1. The molecule has 11 nitrogen and oxygen atoms in total. The van der Waals surface area contributed by atoms with Crippen molar-refractivity contribution in [2.45, 2.75) is 142 Å². The second-order valence-corrected chi connectivity index (χ2v) is 18.2. The van der Waals surface area contributed by atoms with Gasteiger partial charge in [0.15, 0.2) is 11.9 Å². The Morgan fingerprint density at radius 2 is 1.37 bits per heavy atom. The van der Waals surface area contributed by atoms with Gasteiger partial charge in [-0.3, -0.25) is 23.4 Å². The number of rotatable bonds is 37. The van der Waals surface area contributed by atoms with Crippen LogP contribution in [0, 0.1) is 11.8 Å². The zero-order valence-electron chi connectivity index (χ0n) is 38.7. The number of likely N-dealkylation sites (N-methyl/N-ethyl adjacent to an activating group) is 1. The van der Waals surface area contributed by atoms with Gasteiger partial charge in [-0.1, -0.05) is 131 Å². The van der Waals surface area contributed by atoms with E-state index in [9.17, 15) is 28.9 Å². The normalized spacial score (nSPS) is 18.2. The third-order valence-electron chi connectivity index (χ3n) is 9.85. The van der Waals surface area contributed by atoms with E-state index in [1.54, 1.807) is 12.2 Å². The average Bonchev–Trinajstić information content (AvgIpc) is 3.57. The number of allylic oxidation sites excluding steroid dienone is 15. The molecule has 1 aliphatic rings.